The monoisotopic (exact) mass is 279 g/mol. The molecule has 1 aromatic heterocycles. The van der Waals surface area contributed by atoms with E-state index in [0.717, 1.165) is 50.2 Å². The van der Waals surface area contributed by atoms with Crippen molar-refractivity contribution < 1.29 is 9.26 Å². The highest BCUT2D eigenvalue weighted by molar-refractivity contribution is 4.95. The van der Waals surface area contributed by atoms with Crippen LogP contribution in [0, 0.1) is 5.92 Å². The fourth-order valence-electron chi connectivity index (χ4n) is 3.29. The summed E-state index contributed by atoms with van der Waals surface area (Å²) in [5, 5.41) is 7.71. The molecular formula is C15H25N3O2. The third-order valence-electron chi connectivity index (χ3n) is 4.69. The minimum Gasteiger partial charge on any atom is -0.381 e. The van der Waals surface area contributed by atoms with Gasteiger partial charge in [0.2, 0.25) is 5.89 Å². The van der Waals surface area contributed by atoms with E-state index in [4.69, 9.17) is 9.26 Å². The highest BCUT2D eigenvalue weighted by atomic mass is 16.5. The first-order chi connectivity index (χ1) is 9.83. The van der Waals surface area contributed by atoms with Crippen LogP contribution in [0.25, 0.3) is 0 Å². The zero-order chi connectivity index (χ0) is 13.8. The Bertz CT molecular complexity index is 415. The molecule has 0 unspecified atom stereocenters. The summed E-state index contributed by atoms with van der Waals surface area (Å²) >= 11 is 0. The van der Waals surface area contributed by atoms with Crippen molar-refractivity contribution in [1.82, 2.24) is 15.5 Å². The molecule has 5 nitrogen and oxygen atoms in total. The van der Waals surface area contributed by atoms with Gasteiger partial charge in [-0.3, -0.25) is 0 Å². The van der Waals surface area contributed by atoms with Gasteiger partial charge in [0.15, 0.2) is 5.82 Å². The molecule has 2 aliphatic rings. The summed E-state index contributed by atoms with van der Waals surface area (Å²) in [6.45, 7) is 4.67. The van der Waals surface area contributed by atoms with Crippen molar-refractivity contribution in [1.29, 1.82) is 0 Å². The van der Waals surface area contributed by atoms with E-state index in [1.807, 2.05) is 0 Å². The van der Waals surface area contributed by atoms with Gasteiger partial charge in [0, 0.05) is 25.2 Å². The summed E-state index contributed by atoms with van der Waals surface area (Å²) in [5.74, 6) is 2.73. The normalized spacial score (nSPS) is 28.6. The Balaban J connectivity index is 1.51. The molecule has 0 radical (unpaired) electrons. The van der Waals surface area contributed by atoms with Crippen molar-refractivity contribution in [2.24, 2.45) is 5.92 Å². The van der Waals surface area contributed by atoms with Crippen LogP contribution in [0.15, 0.2) is 4.52 Å². The average Bonchev–Trinajstić information content (AvgIpc) is 2.96. The highest BCUT2D eigenvalue weighted by Crippen LogP contribution is 2.26. The summed E-state index contributed by atoms with van der Waals surface area (Å²) in [4.78, 5) is 4.55. The maximum Gasteiger partial charge on any atom is 0.229 e. The third kappa shape index (κ3) is 3.38. The summed E-state index contributed by atoms with van der Waals surface area (Å²) in [5.41, 5.74) is 0. The van der Waals surface area contributed by atoms with Crippen LogP contribution in [0.2, 0.25) is 0 Å². The quantitative estimate of drug-likeness (QED) is 0.918. The van der Waals surface area contributed by atoms with Crippen LogP contribution < -0.4 is 5.32 Å². The van der Waals surface area contributed by atoms with Crippen LogP contribution in [-0.2, 0) is 11.3 Å². The molecule has 2 atom stereocenters. The van der Waals surface area contributed by atoms with E-state index >= 15 is 0 Å². The molecule has 0 bridgehead atoms. The Labute approximate surface area is 120 Å². The first kappa shape index (κ1) is 14.0. The van der Waals surface area contributed by atoms with E-state index in [1.54, 1.807) is 0 Å². The summed E-state index contributed by atoms with van der Waals surface area (Å²) in [6.07, 6.45) is 7.30. The lowest BCUT2D eigenvalue weighted by Crippen LogP contribution is -2.36. The molecule has 20 heavy (non-hydrogen) atoms. The SMILES string of the molecule is C[C@@H]1CCCC[C@@H]1NCc1noc(C2CCOCC2)n1. The van der Waals surface area contributed by atoms with Gasteiger partial charge in [0.1, 0.15) is 0 Å². The van der Waals surface area contributed by atoms with Gasteiger partial charge in [0.05, 0.1) is 6.54 Å². The zero-order valence-corrected chi connectivity index (χ0v) is 12.3. The lowest BCUT2D eigenvalue weighted by molar-refractivity contribution is 0.0778. The average molecular weight is 279 g/mol. The molecule has 1 aromatic rings. The van der Waals surface area contributed by atoms with Crippen LogP contribution >= 0.6 is 0 Å². The third-order valence-corrected chi connectivity index (χ3v) is 4.69. The second kappa shape index (κ2) is 6.68. The van der Waals surface area contributed by atoms with Crippen LogP contribution in [0.4, 0.5) is 0 Å². The molecule has 0 spiro atoms. The Morgan fingerprint density at radius 1 is 1.15 bits per heavy atom. The zero-order valence-electron chi connectivity index (χ0n) is 12.3. The molecule has 112 valence electrons. The molecule has 0 aromatic carbocycles. The fourth-order valence-corrected chi connectivity index (χ4v) is 3.29. The second-order valence-corrected chi connectivity index (χ2v) is 6.18. The van der Waals surface area contributed by atoms with E-state index in [1.165, 1.54) is 25.7 Å². The van der Waals surface area contributed by atoms with Crippen molar-refractivity contribution in [3.05, 3.63) is 11.7 Å². The predicted octanol–water partition coefficient (Wildman–Crippen LogP) is 2.63. The predicted molar refractivity (Wildman–Crippen MR) is 75.4 cm³/mol. The molecule has 1 N–H and O–H groups in total. The molecule has 1 aliphatic heterocycles. The Morgan fingerprint density at radius 3 is 2.75 bits per heavy atom. The second-order valence-electron chi connectivity index (χ2n) is 6.18. The minimum absolute atomic E-state index is 0.388. The van der Waals surface area contributed by atoms with E-state index in [-0.39, 0.29) is 0 Å². The van der Waals surface area contributed by atoms with Crippen molar-refractivity contribution in [3.63, 3.8) is 0 Å². The molecule has 1 saturated carbocycles. The molecule has 0 amide bonds. The number of nitrogens with one attached hydrogen (secondary N) is 1. The van der Waals surface area contributed by atoms with Gasteiger partial charge in [-0.15, -0.1) is 0 Å². The van der Waals surface area contributed by atoms with E-state index in [0.29, 0.717) is 12.0 Å². The molecule has 1 aliphatic carbocycles. The Morgan fingerprint density at radius 2 is 1.95 bits per heavy atom. The van der Waals surface area contributed by atoms with Gasteiger partial charge in [0.25, 0.3) is 0 Å². The number of rotatable bonds is 4. The standard InChI is InChI=1S/C15H25N3O2/c1-11-4-2-3-5-13(11)16-10-14-17-15(20-18-14)12-6-8-19-9-7-12/h11-13,16H,2-10H2,1H3/t11-,13+/m1/s1. The molecular weight excluding hydrogens is 254 g/mol. The van der Waals surface area contributed by atoms with Gasteiger partial charge >= 0.3 is 0 Å². The van der Waals surface area contributed by atoms with Crippen molar-refractivity contribution in [2.75, 3.05) is 13.2 Å². The summed E-state index contributed by atoms with van der Waals surface area (Å²) in [6, 6.07) is 0.605. The lowest BCUT2D eigenvalue weighted by atomic mass is 9.86. The molecule has 5 heteroatoms. The Kier molecular flexibility index (Phi) is 4.68. The summed E-state index contributed by atoms with van der Waals surface area (Å²) < 4.78 is 10.8. The molecule has 1 saturated heterocycles. The van der Waals surface area contributed by atoms with Crippen LogP contribution in [-0.4, -0.2) is 29.4 Å². The smallest absolute Gasteiger partial charge is 0.229 e. The largest absolute Gasteiger partial charge is 0.381 e. The maximum atomic E-state index is 5.41. The minimum atomic E-state index is 0.388. The summed E-state index contributed by atoms with van der Waals surface area (Å²) in [7, 11) is 0. The van der Waals surface area contributed by atoms with Gasteiger partial charge in [-0.2, -0.15) is 4.98 Å². The number of aromatic nitrogens is 2. The van der Waals surface area contributed by atoms with E-state index < -0.39 is 0 Å². The first-order valence-corrected chi connectivity index (χ1v) is 7.96. The van der Waals surface area contributed by atoms with Crippen molar-refractivity contribution in [3.8, 4) is 0 Å². The molecule has 2 fully saturated rings. The maximum absolute atomic E-state index is 5.41. The number of ether oxygens (including phenoxy) is 1. The molecule has 3 rings (SSSR count). The van der Waals surface area contributed by atoms with Crippen molar-refractivity contribution >= 4 is 0 Å². The number of hydrogen-bond donors (Lipinski definition) is 1. The molecule has 2 heterocycles. The fraction of sp³-hybridized carbons (Fsp3) is 0.867. The topological polar surface area (TPSA) is 60.2 Å². The van der Waals surface area contributed by atoms with Gasteiger partial charge in [-0.05, 0) is 31.6 Å². The van der Waals surface area contributed by atoms with Crippen molar-refractivity contribution in [2.45, 2.75) is 64.0 Å². The number of nitrogens with zero attached hydrogens (tertiary/aromatic N) is 2. The van der Waals surface area contributed by atoms with Crippen LogP contribution in [0.3, 0.4) is 0 Å². The van der Waals surface area contributed by atoms with Crippen LogP contribution in [0.1, 0.15) is 63.1 Å². The van der Waals surface area contributed by atoms with Gasteiger partial charge in [-0.25, -0.2) is 0 Å². The first-order valence-electron chi connectivity index (χ1n) is 7.96. The van der Waals surface area contributed by atoms with E-state index in [9.17, 15) is 0 Å². The Hall–Kier alpha value is -0.940. The van der Waals surface area contributed by atoms with Gasteiger partial charge in [-0.1, -0.05) is 24.9 Å². The number of hydrogen-bond acceptors (Lipinski definition) is 5. The van der Waals surface area contributed by atoms with E-state index in [2.05, 4.69) is 22.4 Å². The van der Waals surface area contributed by atoms with Gasteiger partial charge < -0.3 is 14.6 Å². The van der Waals surface area contributed by atoms with Crippen LogP contribution in [0.5, 0.6) is 0 Å². The highest BCUT2D eigenvalue weighted by Gasteiger charge is 2.23. The lowest BCUT2D eigenvalue weighted by Gasteiger charge is -2.29.